The minimum atomic E-state index is -0.626. The van der Waals surface area contributed by atoms with Gasteiger partial charge in [0.15, 0.2) is 0 Å². The summed E-state index contributed by atoms with van der Waals surface area (Å²) in [4.78, 5) is 19.7. The third kappa shape index (κ3) is 4.59. The van der Waals surface area contributed by atoms with E-state index in [1.165, 1.54) is 19.1 Å². The second-order valence-electron chi connectivity index (χ2n) is 8.61. The van der Waals surface area contributed by atoms with Gasteiger partial charge in [0.2, 0.25) is 5.91 Å². The minimum Gasteiger partial charge on any atom is -0.358 e. The van der Waals surface area contributed by atoms with Crippen LogP contribution >= 0.6 is 11.6 Å². The molecule has 0 radical (unpaired) electrons. The highest BCUT2D eigenvalue weighted by molar-refractivity contribution is 6.20. The summed E-state index contributed by atoms with van der Waals surface area (Å²) in [6.45, 7) is 3.95. The Morgan fingerprint density at radius 1 is 1.24 bits per heavy atom. The second-order valence-corrected chi connectivity index (χ2v) is 9.12. The number of imidazole rings is 1. The van der Waals surface area contributed by atoms with Crippen molar-refractivity contribution in [3.8, 4) is 0 Å². The number of carbonyl (C=O) groups is 1. The van der Waals surface area contributed by atoms with Crippen molar-refractivity contribution in [2.75, 3.05) is 7.05 Å². The first-order valence-electron chi connectivity index (χ1n) is 11.5. The first-order valence-corrected chi connectivity index (χ1v) is 12.0. The van der Waals surface area contributed by atoms with Crippen LogP contribution in [-0.4, -0.2) is 32.9 Å². The van der Waals surface area contributed by atoms with Gasteiger partial charge >= 0.3 is 0 Å². The third-order valence-corrected chi connectivity index (χ3v) is 6.96. The van der Waals surface area contributed by atoms with Crippen LogP contribution in [0.1, 0.15) is 53.6 Å². The van der Waals surface area contributed by atoms with Gasteiger partial charge in [0.05, 0.1) is 24.5 Å². The highest BCUT2D eigenvalue weighted by Crippen LogP contribution is 2.41. The number of carbonyl (C=O) groups excluding carboxylic acids is 1. The number of nitrogens with one attached hydrogen (secondary N) is 1. The Hall–Kier alpha value is -2.77. The van der Waals surface area contributed by atoms with E-state index in [1.54, 1.807) is 7.05 Å². The lowest BCUT2D eigenvalue weighted by atomic mass is 9.95. The molecule has 0 saturated heterocycles. The van der Waals surface area contributed by atoms with E-state index in [-0.39, 0.29) is 17.5 Å². The standard InChI is InChI=1S/C26H29ClF2N4O/c1-4-24-31-14-22-21(11-10-17-12-19(28)16(2)20(29)13-17)33(23(27)15-32(22)24)25(26(34)30-3)18-8-6-5-7-9-18/h5-9,12-14,21,23,25H,4,10-11,15H2,1-3H3,(H,30,34)/t21?,23-,25+/m0/s1. The van der Waals surface area contributed by atoms with Gasteiger partial charge in [0.25, 0.3) is 0 Å². The average molecular weight is 487 g/mol. The van der Waals surface area contributed by atoms with Gasteiger partial charge < -0.3 is 9.88 Å². The maximum absolute atomic E-state index is 14.2. The fourth-order valence-electron chi connectivity index (χ4n) is 4.80. The molecule has 3 atom stereocenters. The molecule has 3 aromatic rings. The minimum absolute atomic E-state index is 0.0123. The first kappa shape index (κ1) is 24.4. The van der Waals surface area contributed by atoms with E-state index in [1.807, 2.05) is 48.4 Å². The van der Waals surface area contributed by atoms with Gasteiger partial charge in [0.1, 0.15) is 29.0 Å². The number of aryl methyl sites for hydroxylation is 2. The highest BCUT2D eigenvalue weighted by atomic mass is 35.5. The molecule has 1 aliphatic heterocycles. The Morgan fingerprint density at radius 2 is 1.91 bits per heavy atom. The third-order valence-electron chi connectivity index (χ3n) is 6.60. The van der Waals surface area contributed by atoms with Gasteiger partial charge in [-0.2, -0.15) is 0 Å². The maximum atomic E-state index is 14.2. The summed E-state index contributed by atoms with van der Waals surface area (Å²) >= 11 is 6.97. The van der Waals surface area contributed by atoms with Crippen LogP contribution in [0, 0.1) is 18.6 Å². The molecule has 2 heterocycles. The van der Waals surface area contributed by atoms with Gasteiger partial charge in [-0.15, -0.1) is 11.6 Å². The molecule has 0 fully saturated rings. The lowest BCUT2D eigenvalue weighted by Crippen LogP contribution is -2.49. The number of halogens is 3. The van der Waals surface area contributed by atoms with E-state index in [2.05, 4.69) is 14.9 Å². The van der Waals surface area contributed by atoms with Crippen LogP contribution in [0.2, 0.25) is 0 Å². The maximum Gasteiger partial charge on any atom is 0.241 e. The zero-order valence-corrected chi connectivity index (χ0v) is 20.3. The lowest BCUT2D eigenvalue weighted by molar-refractivity contribution is -0.128. The molecule has 1 unspecified atom stereocenters. The van der Waals surface area contributed by atoms with Gasteiger partial charge in [0, 0.05) is 19.0 Å². The van der Waals surface area contributed by atoms with Gasteiger partial charge in [-0.1, -0.05) is 37.3 Å². The predicted molar refractivity (Wildman–Crippen MR) is 128 cm³/mol. The number of benzene rings is 2. The SMILES string of the molecule is CCc1ncc2n1C[C@@H](Cl)N([C@@H](C(=O)NC)c1ccccc1)C2CCc1cc(F)c(C)c(F)c1. The van der Waals surface area contributed by atoms with Gasteiger partial charge in [-0.05, 0) is 43.0 Å². The fourth-order valence-corrected chi connectivity index (χ4v) is 5.18. The number of hydrogen-bond donors (Lipinski definition) is 1. The number of likely N-dealkylation sites (N-methyl/N-ethyl adjacent to an activating group) is 1. The fraction of sp³-hybridized carbons (Fsp3) is 0.385. The van der Waals surface area contributed by atoms with Gasteiger partial charge in [-0.3, -0.25) is 9.69 Å². The van der Waals surface area contributed by atoms with Crippen molar-refractivity contribution in [2.24, 2.45) is 0 Å². The molecule has 1 aliphatic rings. The number of fused-ring (bicyclic) bond motifs is 1. The largest absolute Gasteiger partial charge is 0.358 e. The Balaban J connectivity index is 1.76. The molecule has 5 nitrogen and oxygen atoms in total. The van der Waals surface area contributed by atoms with E-state index in [0.29, 0.717) is 24.9 Å². The molecule has 1 amide bonds. The van der Waals surface area contributed by atoms with Crippen LogP contribution < -0.4 is 5.32 Å². The van der Waals surface area contributed by atoms with Crippen molar-refractivity contribution in [1.29, 1.82) is 0 Å². The molecule has 1 N–H and O–H groups in total. The zero-order valence-electron chi connectivity index (χ0n) is 19.6. The average Bonchev–Trinajstić information content (AvgIpc) is 3.25. The Morgan fingerprint density at radius 3 is 2.53 bits per heavy atom. The summed E-state index contributed by atoms with van der Waals surface area (Å²) in [6.07, 6.45) is 3.52. The van der Waals surface area contributed by atoms with E-state index in [4.69, 9.17) is 11.6 Å². The quantitative estimate of drug-likeness (QED) is 0.374. The summed E-state index contributed by atoms with van der Waals surface area (Å²) in [5.74, 6) is -0.361. The number of amides is 1. The molecular formula is C26H29ClF2N4O. The predicted octanol–water partition coefficient (Wildman–Crippen LogP) is 5.07. The molecule has 180 valence electrons. The first-order chi connectivity index (χ1) is 16.3. The van der Waals surface area contributed by atoms with Crippen LogP contribution in [0.5, 0.6) is 0 Å². The Bertz CT molecular complexity index is 1140. The molecule has 34 heavy (non-hydrogen) atoms. The molecule has 2 aromatic carbocycles. The summed E-state index contributed by atoms with van der Waals surface area (Å²) in [5.41, 5.74) is 1.87. The normalized spacial score (nSPS) is 19.0. The molecule has 4 rings (SSSR count). The smallest absolute Gasteiger partial charge is 0.241 e. The molecule has 1 aromatic heterocycles. The monoisotopic (exact) mass is 486 g/mol. The summed E-state index contributed by atoms with van der Waals surface area (Å²) in [7, 11) is 1.61. The van der Waals surface area contributed by atoms with Crippen molar-refractivity contribution >= 4 is 17.5 Å². The molecule has 0 bridgehead atoms. The molecular weight excluding hydrogens is 458 g/mol. The van der Waals surface area contributed by atoms with Crippen molar-refractivity contribution < 1.29 is 13.6 Å². The van der Waals surface area contributed by atoms with Crippen LogP contribution in [0.4, 0.5) is 8.78 Å². The van der Waals surface area contributed by atoms with Crippen molar-refractivity contribution in [3.63, 3.8) is 0 Å². The molecule has 0 saturated carbocycles. The zero-order chi connectivity index (χ0) is 24.4. The van der Waals surface area contributed by atoms with Crippen LogP contribution in [0.25, 0.3) is 0 Å². The number of alkyl halides is 1. The molecule has 8 heteroatoms. The molecule has 0 spiro atoms. The van der Waals surface area contributed by atoms with Crippen molar-refractivity contribution in [3.05, 3.63) is 88.5 Å². The summed E-state index contributed by atoms with van der Waals surface area (Å²) in [6, 6.07) is 11.4. The van der Waals surface area contributed by atoms with Crippen LogP contribution in [0.15, 0.2) is 48.7 Å². The van der Waals surface area contributed by atoms with Crippen LogP contribution in [0.3, 0.4) is 0 Å². The van der Waals surface area contributed by atoms with Gasteiger partial charge in [-0.25, -0.2) is 13.8 Å². The van der Waals surface area contributed by atoms with E-state index < -0.39 is 23.2 Å². The Labute approximate surface area is 203 Å². The highest BCUT2D eigenvalue weighted by Gasteiger charge is 2.42. The summed E-state index contributed by atoms with van der Waals surface area (Å²) < 4.78 is 30.5. The second kappa shape index (κ2) is 10.2. The van der Waals surface area contributed by atoms with Crippen molar-refractivity contribution in [1.82, 2.24) is 19.8 Å². The van der Waals surface area contributed by atoms with Crippen LogP contribution in [-0.2, 0) is 24.2 Å². The number of hydrogen-bond acceptors (Lipinski definition) is 3. The van der Waals surface area contributed by atoms with E-state index in [0.717, 1.165) is 23.5 Å². The Kier molecular flexibility index (Phi) is 7.33. The van der Waals surface area contributed by atoms with Crippen molar-refractivity contribution in [2.45, 2.75) is 57.2 Å². The topological polar surface area (TPSA) is 50.2 Å². The molecule has 0 aliphatic carbocycles. The summed E-state index contributed by atoms with van der Waals surface area (Å²) in [5, 5.41) is 2.78. The number of rotatable bonds is 7. The number of aromatic nitrogens is 2. The van der Waals surface area contributed by atoms with E-state index >= 15 is 0 Å². The number of nitrogens with zero attached hydrogens (tertiary/aromatic N) is 3. The van der Waals surface area contributed by atoms with E-state index in [9.17, 15) is 13.6 Å². The lowest BCUT2D eigenvalue weighted by Gasteiger charge is -2.44.